The summed E-state index contributed by atoms with van der Waals surface area (Å²) in [5.74, 6) is 0.0313. The van der Waals surface area contributed by atoms with Gasteiger partial charge in [-0.3, -0.25) is 10.5 Å². The number of hydrogen-bond acceptors (Lipinski definition) is 3. The molecule has 60 valence electrons. The van der Waals surface area contributed by atoms with E-state index in [9.17, 15) is 0 Å². The maximum absolute atomic E-state index is 7.26. The van der Waals surface area contributed by atoms with E-state index in [-0.39, 0.29) is 5.84 Å². The average molecular weight is 161 g/mol. The lowest BCUT2D eigenvalue weighted by atomic mass is 10.2. The Kier molecular flexibility index (Phi) is 1.30. The Morgan fingerprint density at radius 2 is 2.42 bits per heavy atom. The standard InChI is InChI=1S/C7H7N5/c8-6(9)4-1-2-10-7-5(4)3-11-12-7/h1-3H,(H3,8,9)(H,10,11,12). The zero-order chi connectivity index (χ0) is 8.55. The predicted molar refractivity (Wildman–Crippen MR) is 44.9 cm³/mol. The minimum atomic E-state index is 0.0313. The number of nitrogens with one attached hydrogen (secondary N) is 2. The van der Waals surface area contributed by atoms with Crippen LogP contribution in [0.3, 0.4) is 0 Å². The maximum Gasteiger partial charge on any atom is 0.181 e. The van der Waals surface area contributed by atoms with Gasteiger partial charge in [0.15, 0.2) is 5.65 Å². The lowest BCUT2D eigenvalue weighted by Gasteiger charge is -1.96. The highest BCUT2D eigenvalue weighted by Crippen LogP contribution is 2.12. The molecule has 2 aromatic heterocycles. The SMILES string of the molecule is N=C(N)c1ccnc2n[nH]cc12. The highest BCUT2D eigenvalue weighted by molar-refractivity contribution is 6.05. The first-order valence-corrected chi connectivity index (χ1v) is 3.42. The molecule has 0 aliphatic rings. The van der Waals surface area contributed by atoms with Crippen LogP contribution in [0.4, 0.5) is 0 Å². The van der Waals surface area contributed by atoms with E-state index < -0.39 is 0 Å². The zero-order valence-electron chi connectivity index (χ0n) is 6.20. The number of fused-ring (bicyclic) bond motifs is 1. The summed E-state index contributed by atoms with van der Waals surface area (Å²) in [6.07, 6.45) is 3.26. The van der Waals surface area contributed by atoms with E-state index in [2.05, 4.69) is 15.2 Å². The van der Waals surface area contributed by atoms with Gasteiger partial charge in [-0.2, -0.15) is 5.10 Å². The monoisotopic (exact) mass is 161 g/mol. The number of hydrogen-bond donors (Lipinski definition) is 3. The Balaban J connectivity index is 2.82. The highest BCUT2D eigenvalue weighted by Gasteiger charge is 2.04. The van der Waals surface area contributed by atoms with Crippen LogP contribution in [0.1, 0.15) is 5.56 Å². The van der Waals surface area contributed by atoms with E-state index >= 15 is 0 Å². The van der Waals surface area contributed by atoms with Crippen molar-refractivity contribution in [2.45, 2.75) is 0 Å². The molecule has 2 aromatic rings. The molecule has 12 heavy (non-hydrogen) atoms. The largest absolute Gasteiger partial charge is 0.384 e. The van der Waals surface area contributed by atoms with Crippen LogP contribution in [0.15, 0.2) is 18.5 Å². The van der Waals surface area contributed by atoms with E-state index in [1.807, 2.05) is 0 Å². The molecule has 5 nitrogen and oxygen atoms in total. The summed E-state index contributed by atoms with van der Waals surface area (Å²) in [5, 5.41) is 14.6. The van der Waals surface area contributed by atoms with Gasteiger partial charge in [0.1, 0.15) is 5.84 Å². The minimum absolute atomic E-state index is 0.0313. The number of pyridine rings is 1. The van der Waals surface area contributed by atoms with Crippen molar-refractivity contribution in [2.75, 3.05) is 0 Å². The lowest BCUT2D eigenvalue weighted by molar-refractivity contribution is 1.10. The third kappa shape index (κ3) is 0.833. The molecule has 0 aromatic carbocycles. The van der Waals surface area contributed by atoms with Gasteiger partial charge in [-0.25, -0.2) is 4.98 Å². The van der Waals surface area contributed by atoms with Gasteiger partial charge in [0.2, 0.25) is 0 Å². The number of aromatic amines is 1. The summed E-state index contributed by atoms with van der Waals surface area (Å²) < 4.78 is 0. The van der Waals surface area contributed by atoms with Crippen molar-refractivity contribution in [1.82, 2.24) is 15.2 Å². The molecule has 0 saturated carbocycles. The normalized spacial score (nSPS) is 10.3. The van der Waals surface area contributed by atoms with Gasteiger partial charge >= 0.3 is 0 Å². The average Bonchev–Trinajstić information content (AvgIpc) is 2.49. The first kappa shape index (κ1) is 6.78. The second kappa shape index (κ2) is 2.30. The summed E-state index contributed by atoms with van der Waals surface area (Å²) in [6.45, 7) is 0. The van der Waals surface area contributed by atoms with Crippen LogP contribution in [-0.2, 0) is 0 Å². The van der Waals surface area contributed by atoms with Crippen LogP contribution in [0.25, 0.3) is 11.0 Å². The summed E-state index contributed by atoms with van der Waals surface area (Å²) in [4.78, 5) is 3.99. The Morgan fingerprint density at radius 1 is 1.58 bits per heavy atom. The third-order valence-corrected chi connectivity index (χ3v) is 1.64. The Hall–Kier alpha value is -1.91. The summed E-state index contributed by atoms with van der Waals surface area (Å²) in [5.41, 5.74) is 6.60. The summed E-state index contributed by atoms with van der Waals surface area (Å²) in [6, 6.07) is 1.69. The van der Waals surface area contributed by atoms with Gasteiger partial charge in [-0.05, 0) is 6.07 Å². The highest BCUT2D eigenvalue weighted by atomic mass is 15.1. The maximum atomic E-state index is 7.26. The molecular formula is C7H7N5. The van der Waals surface area contributed by atoms with Crippen LogP contribution < -0.4 is 5.73 Å². The minimum Gasteiger partial charge on any atom is -0.384 e. The summed E-state index contributed by atoms with van der Waals surface area (Å²) in [7, 11) is 0. The van der Waals surface area contributed by atoms with Crippen LogP contribution in [-0.4, -0.2) is 21.0 Å². The predicted octanol–water partition coefficient (Wildman–Crippen LogP) is 0.242. The molecule has 0 atom stereocenters. The first-order valence-electron chi connectivity index (χ1n) is 3.42. The van der Waals surface area contributed by atoms with Crippen LogP contribution in [0, 0.1) is 5.41 Å². The Morgan fingerprint density at radius 3 is 3.17 bits per heavy atom. The van der Waals surface area contributed by atoms with Gasteiger partial charge in [0.25, 0.3) is 0 Å². The van der Waals surface area contributed by atoms with Crippen molar-refractivity contribution in [3.05, 3.63) is 24.0 Å². The lowest BCUT2D eigenvalue weighted by Crippen LogP contribution is -2.11. The Bertz CT molecular complexity index is 430. The van der Waals surface area contributed by atoms with Crippen molar-refractivity contribution in [2.24, 2.45) is 5.73 Å². The molecule has 2 rings (SSSR count). The topological polar surface area (TPSA) is 91.4 Å². The second-order valence-corrected chi connectivity index (χ2v) is 2.39. The van der Waals surface area contributed by atoms with Crippen LogP contribution in [0.2, 0.25) is 0 Å². The molecular weight excluding hydrogens is 154 g/mol. The van der Waals surface area contributed by atoms with Crippen LogP contribution in [0.5, 0.6) is 0 Å². The molecule has 0 amide bonds. The molecule has 0 bridgehead atoms. The van der Waals surface area contributed by atoms with E-state index in [0.717, 1.165) is 5.39 Å². The molecule has 0 spiro atoms. The molecule has 5 heteroatoms. The first-order chi connectivity index (χ1) is 5.79. The third-order valence-electron chi connectivity index (χ3n) is 1.64. The molecule has 0 unspecified atom stereocenters. The molecule has 0 saturated heterocycles. The number of rotatable bonds is 1. The van der Waals surface area contributed by atoms with Gasteiger partial charge in [0, 0.05) is 23.3 Å². The number of H-pyrrole nitrogens is 1. The van der Waals surface area contributed by atoms with Gasteiger partial charge in [0.05, 0.1) is 0 Å². The fourth-order valence-electron chi connectivity index (χ4n) is 1.09. The number of nitrogens with zero attached hydrogens (tertiary/aromatic N) is 2. The fourth-order valence-corrected chi connectivity index (χ4v) is 1.09. The van der Waals surface area contributed by atoms with Crippen molar-refractivity contribution < 1.29 is 0 Å². The molecule has 0 radical (unpaired) electrons. The van der Waals surface area contributed by atoms with E-state index in [1.165, 1.54) is 0 Å². The molecule has 0 aliphatic heterocycles. The number of amidine groups is 1. The quantitative estimate of drug-likeness (QED) is 0.413. The van der Waals surface area contributed by atoms with Crippen molar-refractivity contribution in [3.63, 3.8) is 0 Å². The molecule has 0 fully saturated rings. The van der Waals surface area contributed by atoms with Gasteiger partial charge in [-0.15, -0.1) is 0 Å². The van der Waals surface area contributed by atoms with Crippen molar-refractivity contribution in [1.29, 1.82) is 5.41 Å². The van der Waals surface area contributed by atoms with Crippen LogP contribution >= 0.6 is 0 Å². The van der Waals surface area contributed by atoms with E-state index in [4.69, 9.17) is 11.1 Å². The zero-order valence-corrected chi connectivity index (χ0v) is 6.20. The van der Waals surface area contributed by atoms with Gasteiger partial charge in [-0.1, -0.05) is 0 Å². The molecule has 0 aliphatic carbocycles. The second-order valence-electron chi connectivity index (χ2n) is 2.39. The number of nitrogen functional groups attached to an aromatic ring is 1. The van der Waals surface area contributed by atoms with Gasteiger partial charge < -0.3 is 5.73 Å². The molecule has 2 heterocycles. The fraction of sp³-hybridized carbons (Fsp3) is 0. The Labute approximate surface area is 68.1 Å². The summed E-state index contributed by atoms with van der Waals surface area (Å²) >= 11 is 0. The molecule has 4 N–H and O–H groups in total. The van der Waals surface area contributed by atoms with E-state index in [1.54, 1.807) is 18.5 Å². The van der Waals surface area contributed by atoms with E-state index in [0.29, 0.717) is 11.2 Å². The van der Waals surface area contributed by atoms with Crippen molar-refractivity contribution in [3.8, 4) is 0 Å². The number of aromatic nitrogens is 3. The van der Waals surface area contributed by atoms with Crippen molar-refractivity contribution >= 4 is 16.9 Å². The number of nitrogens with two attached hydrogens (primary N) is 1. The smallest absolute Gasteiger partial charge is 0.181 e.